The minimum Gasteiger partial charge on any atom is -0.465 e. The third-order valence-electron chi connectivity index (χ3n) is 7.94. The van der Waals surface area contributed by atoms with E-state index in [1.165, 1.54) is 0 Å². The quantitative estimate of drug-likeness (QED) is 0.581. The van der Waals surface area contributed by atoms with Gasteiger partial charge in [0.2, 0.25) is 5.91 Å². The number of rotatable bonds is 5. The lowest BCUT2D eigenvalue weighted by Gasteiger charge is -2.32. The molecule has 2 amide bonds. The Morgan fingerprint density at radius 3 is 2.50 bits per heavy atom. The molecule has 0 spiro atoms. The highest BCUT2D eigenvalue weighted by molar-refractivity contribution is 6.62. The lowest BCUT2D eigenvalue weighted by molar-refractivity contribution is -0.136. The van der Waals surface area contributed by atoms with Crippen LogP contribution in [0.25, 0.3) is 11.0 Å². The lowest BCUT2D eigenvalue weighted by Crippen LogP contribution is -2.51. The first kappa shape index (κ1) is 23.2. The standard InChI is InChI=1S/C24H33BN4O5/c1-12(2)19(28-22(31)32)21(30)29-17-9-13(17)10-18(29)20-26-15-8-7-14(11-16(15)27-20)25-33-23(3,4)24(5,6)34-25/h7-8,11-13,17-19,28H,9-10H2,1-6H3,(H,26,27)(H,31,32)/t13?,17?,18-,19-/m0/s1. The molecule has 0 bridgehead atoms. The Morgan fingerprint density at radius 2 is 1.88 bits per heavy atom. The molecule has 2 unspecified atom stereocenters. The molecule has 10 heteroatoms. The predicted molar refractivity (Wildman–Crippen MR) is 128 cm³/mol. The van der Waals surface area contributed by atoms with Crippen LogP contribution >= 0.6 is 0 Å². The van der Waals surface area contributed by atoms with Gasteiger partial charge in [0.15, 0.2) is 0 Å². The number of benzene rings is 1. The average molecular weight is 468 g/mol. The average Bonchev–Trinajstić information content (AvgIpc) is 3.11. The maximum atomic E-state index is 13.4. The summed E-state index contributed by atoms with van der Waals surface area (Å²) in [5.41, 5.74) is 1.74. The largest absolute Gasteiger partial charge is 0.494 e. The van der Waals surface area contributed by atoms with E-state index in [9.17, 15) is 14.7 Å². The maximum Gasteiger partial charge on any atom is 0.494 e. The molecule has 5 rings (SSSR count). The number of carboxylic acid groups (broad SMARTS) is 1. The van der Waals surface area contributed by atoms with Gasteiger partial charge in [-0.25, -0.2) is 9.78 Å². The molecule has 0 radical (unpaired) electrons. The molecule has 3 aliphatic rings. The van der Waals surface area contributed by atoms with Crippen molar-refractivity contribution in [2.75, 3.05) is 0 Å². The van der Waals surface area contributed by atoms with Crippen LogP contribution in [-0.2, 0) is 14.1 Å². The first-order valence-electron chi connectivity index (χ1n) is 12.0. The van der Waals surface area contributed by atoms with Gasteiger partial charge in [-0.1, -0.05) is 19.9 Å². The second kappa shape index (κ2) is 7.71. The van der Waals surface area contributed by atoms with Gasteiger partial charge in [0.25, 0.3) is 0 Å². The first-order valence-corrected chi connectivity index (χ1v) is 12.0. The summed E-state index contributed by atoms with van der Waals surface area (Å²) >= 11 is 0. The van der Waals surface area contributed by atoms with Crippen molar-refractivity contribution in [3.63, 3.8) is 0 Å². The van der Waals surface area contributed by atoms with E-state index >= 15 is 0 Å². The zero-order chi connectivity index (χ0) is 24.6. The van der Waals surface area contributed by atoms with Crippen molar-refractivity contribution in [2.45, 2.75) is 83.7 Å². The van der Waals surface area contributed by atoms with E-state index in [1.54, 1.807) is 0 Å². The molecule has 2 aliphatic heterocycles. The van der Waals surface area contributed by atoms with Crippen molar-refractivity contribution in [1.29, 1.82) is 0 Å². The Labute approximate surface area is 199 Å². The van der Waals surface area contributed by atoms with Crippen molar-refractivity contribution >= 4 is 35.6 Å². The topological polar surface area (TPSA) is 117 Å². The Bertz CT molecular complexity index is 1130. The third kappa shape index (κ3) is 3.77. The number of fused-ring (bicyclic) bond motifs is 2. The number of hydrogen-bond donors (Lipinski definition) is 3. The molecule has 2 aromatic rings. The van der Waals surface area contributed by atoms with Gasteiger partial charge in [-0.2, -0.15) is 0 Å². The fourth-order valence-corrected chi connectivity index (χ4v) is 5.16. The van der Waals surface area contributed by atoms with Gasteiger partial charge in [0, 0.05) is 6.04 Å². The number of nitrogens with zero attached hydrogens (tertiary/aromatic N) is 2. The molecule has 3 heterocycles. The summed E-state index contributed by atoms with van der Waals surface area (Å²) in [6, 6.07) is 5.09. The molecular weight excluding hydrogens is 435 g/mol. The molecule has 2 saturated heterocycles. The number of imidazole rings is 1. The van der Waals surface area contributed by atoms with Crippen LogP contribution in [0, 0.1) is 11.8 Å². The van der Waals surface area contributed by atoms with E-state index in [0.29, 0.717) is 5.92 Å². The Balaban J connectivity index is 1.42. The highest BCUT2D eigenvalue weighted by atomic mass is 16.7. The molecule has 9 nitrogen and oxygen atoms in total. The summed E-state index contributed by atoms with van der Waals surface area (Å²) in [6.07, 6.45) is 0.610. The van der Waals surface area contributed by atoms with Crippen LogP contribution in [0.3, 0.4) is 0 Å². The van der Waals surface area contributed by atoms with Crippen LogP contribution in [0.1, 0.15) is 66.3 Å². The Hall–Kier alpha value is -2.59. The van der Waals surface area contributed by atoms with Gasteiger partial charge in [0.05, 0.1) is 28.3 Å². The van der Waals surface area contributed by atoms with Crippen LogP contribution in [0.4, 0.5) is 4.79 Å². The molecule has 3 fully saturated rings. The Kier molecular flexibility index (Phi) is 5.26. The summed E-state index contributed by atoms with van der Waals surface area (Å²) in [7, 11) is -0.466. The second-order valence-corrected chi connectivity index (χ2v) is 11.2. The summed E-state index contributed by atoms with van der Waals surface area (Å²) < 4.78 is 12.4. The molecule has 1 aromatic heterocycles. The summed E-state index contributed by atoms with van der Waals surface area (Å²) in [5, 5.41) is 11.7. The number of carbonyl (C=O) groups is 2. The number of aromatic amines is 1. The van der Waals surface area contributed by atoms with E-state index in [2.05, 4.69) is 10.3 Å². The maximum absolute atomic E-state index is 13.4. The SMILES string of the molecule is CC(C)[C@H](NC(=O)O)C(=O)N1C2CC2C[C@H]1c1nc2ccc(B3OC(C)(C)C(C)(C)O3)cc2[nH]1. The fraction of sp³-hybridized carbons (Fsp3) is 0.625. The number of amides is 2. The zero-order valence-corrected chi connectivity index (χ0v) is 20.6. The number of carbonyl (C=O) groups excluding carboxylic acids is 1. The summed E-state index contributed by atoms with van der Waals surface area (Å²) in [5.74, 6) is 0.852. The van der Waals surface area contributed by atoms with Gasteiger partial charge >= 0.3 is 13.2 Å². The Morgan fingerprint density at radius 1 is 1.21 bits per heavy atom. The normalized spacial score (nSPS) is 27.8. The van der Waals surface area contributed by atoms with E-state index < -0.39 is 30.5 Å². The van der Waals surface area contributed by atoms with Gasteiger partial charge in [-0.3, -0.25) is 4.79 Å². The van der Waals surface area contributed by atoms with E-state index in [-0.39, 0.29) is 23.9 Å². The van der Waals surface area contributed by atoms with Crippen molar-refractivity contribution in [3.05, 3.63) is 24.0 Å². The van der Waals surface area contributed by atoms with Crippen LogP contribution in [0.5, 0.6) is 0 Å². The number of hydrogen-bond acceptors (Lipinski definition) is 5. The first-order chi connectivity index (χ1) is 15.9. The van der Waals surface area contributed by atoms with E-state index in [0.717, 1.165) is 35.2 Å². The predicted octanol–water partition coefficient (Wildman–Crippen LogP) is 2.82. The van der Waals surface area contributed by atoms with Gasteiger partial charge in [-0.05, 0) is 70.0 Å². The number of aromatic nitrogens is 2. The van der Waals surface area contributed by atoms with Crippen molar-refractivity contribution in [1.82, 2.24) is 20.2 Å². The molecule has 1 aromatic carbocycles. The van der Waals surface area contributed by atoms with Crippen LogP contribution < -0.4 is 10.8 Å². The molecular formula is C24H33BN4O5. The number of H-pyrrole nitrogens is 1. The number of likely N-dealkylation sites (tertiary alicyclic amines) is 1. The van der Waals surface area contributed by atoms with Crippen molar-refractivity contribution in [2.24, 2.45) is 11.8 Å². The van der Waals surface area contributed by atoms with Crippen LogP contribution in [-0.4, -0.2) is 62.4 Å². The van der Waals surface area contributed by atoms with Gasteiger partial charge in [0.1, 0.15) is 11.9 Å². The lowest BCUT2D eigenvalue weighted by atomic mass is 9.79. The van der Waals surface area contributed by atoms with Crippen molar-refractivity contribution < 1.29 is 24.0 Å². The summed E-state index contributed by atoms with van der Waals surface area (Å²) in [4.78, 5) is 34.8. The molecule has 34 heavy (non-hydrogen) atoms. The van der Waals surface area contributed by atoms with Gasteiger partial charge < -0.3 is 29.6 Å². The van der Waals surface area contributed by atoms with Crippen LogP contribution in [0.2, 0.25) is 0 Å². The highest BCUT2D eigenvalue weighted by Crippen LogP contribution is 2.53. The monoisotopic (exact) mass is 468 g/mol. The molecule has 4 atom stereocenters. The van der Waals surface area contributed by atoms with E-state index in [4.69, 9.17) is 14.3 Å². The van der Waals surface area contributed by atoms with Crippen molar-refractivity contribution in [3.8, 4) is 0 Å². The molecule has 182 valence electrons. The molecule has 1 saturated carbocycles. The number of nitrogens with one attached hydrogen (secondary N) is 2. The second-order valence-electron chi connectivity index (χ2n) is 11.2. The van der Waals surface area contributed by atoms with E-state index in [1.807, 2.05) is 64.6 Å². The molecule has 3 N–H and O–H groups in total. The smallest absolute Gasteiger partial charge is 0.465 e. The number of piperidine rings is 1. The summed E-state index contributed by atoms with van der Waals surface area (Å²) in [6.45, 7) is 11.8. The zero-order valence-electron chi connectivity index (χ0n) is 20.6. The van der Waals surface area contributed by atoms with Gasteiger partial charge in [-0.15, -0.1) is 0 Å². The minimum absolute atomic E-state index is 0.153. The fourth-order valence-electron chi connectivity index (χ4n) is 5.16. The molecule has 1 aliphatic carbocycles. The minimum atomic E-state index is -1.19. The van der Waals surface area contributed by atoms with Crippen LogP contribution in [0.15, 0.2) is 18.2 Å². The highest BCUT2D eigenvalue weighted by Gasteiger charge is 2.56. The third-order valence-corrected chi connectivity index (χ3v) is 7.94.